The standard InChI is InChI=1S/C18H16Cl2N6O/c1-25-16(10-17-21-23-24-26(17)7-8-27)14-4-2-3-13(18(14)22-25)12-6-5-11(19)9-15(12)20/h2-6,9,27H,7-8,10H2,1H3. The summed E-state index contributed by atoms with van der Waals surface area (Å²) in [6.07, 6.45) is 0.498. The normalized spacial score (nSPS) is 11.4. The van der Waals surface area contributed by atoms with E-state index in [0.29, 0.717) is 28.8 Å². The predicted octanol–water partition coefficient (Wildman–Crippen LogP) is 3.12. The highest BCUT2D eigenvalue weighted by Crippen LogP contribution is 2.35. The summed E-state index contributed by atoms with van der Waals surface area (Å²) >= 11 is 12.4. The van der Waals surface area contributed by atoms with E-state index in [9.17, 15) is 0 Å². The van der Waals surface area contributed by atoms with Gasteiger partial charge in [-0.1, -0.05) is 47.5 Å². The molecule has 4 aromatic rings. The monoisotopic (exact) mass is 402 g/mol. The highest BCUT2D eigenvalue weighted by molar-refractivity contribution is 6.36. The molecule has 9 heteroatoms. The molecular formula is C18H16Cl2N6O. The molecule has 2 aromatic carbocycles. The van der Waals surface area contributed by atoms with E-state index in [4.69, 9.17) is 33.4 Å². The van der Waals surface area contributed by atoms with Crippen LogP contribution in [-0.2, 0) is 20.0 Å². The lowest BCUT2D eigenvalue weighted by atomic mass is 10.0. The maximum absolute atomic E-state index is 9.17. The summed E-state index contributed by atoms with van der Waals surface area (Å²) in [7, 11) is 1.89. The second kappa shape index (κ2) is 7.26. The van der Waals surface area contributed by atoms with Gasteiger partial charge in [0.1, 0.15) is 5.52 Å². The highest BCUT2D eigenvalue weighted by Gasteiger charge is 2.17. The highest BCUT2D eigenvalue weighted by atomic mass is 35.5. The third-order valence-corrected chi connectivity index (χ3v) is 5.00. The molecule has 0 atom stereocenters. The molecule has 7 nitrogen and oxygen atoms in total. The van der Waals surface area contributed by atoms with Gasteiger partial charge < -0.3 is 5.11 Å². The van der Waals surface area contributed by atoms with Crippen LogP contribution < -0.4 is 0 Å². The van der Waals surface area contributed by atoms with Crippen molar-refractivity contribution >= 4 is 34.1 Å². The summed E-state index contributed by atoms with van der Waals surface area (Å²) in [6.45, 7) is 0.327. The van der Waals surface area contributed by atoms with E-state index in [-0.39, 0.29) is 6.61 Å². The molecule has 0 aliphatic heterocycles. The lowest BCUT2D eigenvalue weighted by molar-refractivity contribution is 0.266. The smallest absolute Gasteiger partial charge is 0.157 e. The zero-order valence-electron chi connectivity index (χ0n) is 14.5. The zero-order chi connectivity index (χ0) is 19.0. The fourth-order valence-electron chi connectivity index (χ4n) is 3.17. The number of fused-ring (bicyclic) bond motifs is 1. The van der Waals surface area contributed by atoms with E-state index in [1.807, 2.05) is 42.1 Å². The van der Waals surface area contributed by atoms with Gasteiger partial charge in [-0.3, -0.25) is 4.68 Å². The van der Waals surface area contributed by atoms with E-state index < -0.39 is 0 Å². The van der Waals surface area contributed by atoms with Gasteiger partial charge in [-0.15, -0.1) is 5.10 Å². The lowest BCUT2D eigenvalue weighted by Gasteiger charge is -2.06. The first-order valence-electron chi connectivity index (χ1n) is 8.34. The van der Waals surface area contributed by atoms with Gasteiger partial charge in [0, 0.05) is 33.6 Å². The van der Waals surface area contributed by atoms with E-state index in [0.717, 1.165) is 27.7 Å². The number of benzene rings is 2. The third kappa shape index (κ3) is 3.29. The number of hydrogen-bond donors (Lipinski definition) is 1. The third-order valence-electron chi connectivity index (χ3n) is 4.45. The maximum atomic E-state index is 9.17. The van der Waals surface area contributed by atoms with Gasteiger partial charge in [-0.05, 0) is 22.6 Å². The first-order valence-corrected chi connectivity index (χ1v) is 9.10. The average Bonchev–Trinajstić information content (AvgIpc) is 3.20. The van der Waals surface area contributed by atoms with Gasteiger partial charge in [0.25, 0.3) is 0 Å². The second-order valence-electron chi connectivity index (χ2n) is 6.11. The van der Waals surface area contributed by atoms with Gasteiger partial charge in [-0.2, -0.15) is 5.10 Å². The Balaban J connectivity index is 1.82. The molecule has 2 aromatic heterocycles. The minimum Gasteiger partial charge on any atom is -0.394 e. The van der Waals surface area contributed by atoms with Gasteiger partial charge in [0.2, 0.25) is 0 Å². The van der Waals surface area contributed by atoms with E-state index >= 15 is 0 Å². The molecule has 4 rings (SSSR count). The first-order chi connectivity index (χ1) is 13.1. The predicted molar refractivity (Wildman–Crippen MR) is 104 cm³/mol. The molecule has 138 valence electrons. The summed E-state index contributed by atoms with van der Waals surface area (Å²) in [5.74, 6) is 0.670. The van der Waals surface area contributed by atoms with Gasteiger partial charge in [-0.25, -0.2) is 4.68 Å². The first kappa shape index (κ1) is 17.9. The molecule has 0 aliphatic rings. The number of hydrogen-bond acceptors (Lipinski definition) is 5. The fraction of sp³-hybridized carbons (Fsp3) is 0.222. The van der Waals surface area contributed by atoms with Gasteiger partial charge in [0.15, 0.2) is 5.82 Å². The minimum absolute atomic E-state index is 0.0244. The number of aliphatic hydroxyl groups excluding tert-OH is 1. The van der Waals surface area contributed by atoms with Crippen molar-refractivity contribution in [3.05, 3.63) is 58.0 Å². The maximum Gasteiger partial charge on any atom is 0.157 e. The van der Waals surface area contributed by atoms with Crippen LogP contribution in [0.2, 0.25) is 10.0 Å². The average molecular weight is 403 g/mol. The van der Waals surface area contributed by atoms with Crippen molar-refractivity contribution in [2.24, 2.45) is 7.05 Å². The summed E-state index contributed by atoms with van der Waals surface area (Å²) < 4.78 is 3.43. The van der Waals surface area contributed by atoms with Crippen molar-refractivity contribution in [2.45, 2.75) is 13.0 Å². The van der Waals surface area contributed by atoms with E-state index in [2.05, 4.69) is 15.5 Å². The molecule has 2 heterocycles. The molecule has 0 amide bonds. The quantitative estimate of drug-likeness (QED) is 0.554. The largest absolute Gasteiger partial charge is 0.394 e. The van der Waals surface area contributed by atoms with Crippen molar-refractivity contribution in [1.29, 1.82) is 0 Å². The molecule has 0 spiro atoms. The Bertz CT molecular complexity index is 1120. The van der Waals surface area contributed by atoms with Crippen LogP contribution in [0.15, 0.2) is 36.4 Å². The molecule has 0 bridgehead atoms. The summed E-state index contributed by atoms with van der Waals surface area (Å²) in [5.41, 5.74) is 3.64. The molecule has 0 unspecified atom stereocenters. The SMILES string of the molecule is Cn1nc2c(-c3ccc(Cl)cc3Cl)cccc2c1Cc1nnnn1CCO. The Kier molecular flexibility index (Phi) is 4.82. The number of tetrazole rings is 1. The number of rotatable bonds is 5. The van der Waals surface area contributed by atoms with Crippen LogP contribution in [0.4, 0.5) is 0 Å². The number of nitrogens with zero attached hydrogens (tertiary/aromatic N) is 6. The number of aromatic nitrogens is 6. The van der Waals surface area contributed by atoms with E-state index in [1.165, 1.54) is 0 Å². The van der Waals surface area contributed by atoms with Crippen molar-refractivity contribution in [3.8, 4) is 11.1 Å². The molecule has 0 saturated heterocycles. The summed E-state index contributed by atoms with van der Waals surface area (Å²) in [5, 5.41) is 27.7. The van der Waals surface area contributed by atoms with Crippen molar-refractivity contribution < 1.29 is 5.11 Å². The topological polar surface area (TPSA) is 81.7 Å². The fourth-order valence-corrected chi connectivity index (χ4v) is 3.68. The van der Waals surface area contributed by atoms with Gasteiger partial charge >= 0.3 is 0 Å². The van der Waals surface area contributed by atoms with Crippen molar-refractivity contribution in [2.75, 3.05) is 6.61 Å². The van der Waals surface area contributed by atoms with E-state index in [1.54, 1.807) is 10.7 Å². The number of halogens is 2. The Hall–Kier alpha value is -2.48. The molecule has 0 aliphatic carbocycles. The van der Waals surface area contributed by atoms with Crippen LogP contribution >= 0.6 is 23.2 Å². The molecule has 0 saturated carbocycles. The Morgan fingerprint density at radius 1 is 1.11 bits per heavy atom. The molecule has 0 radical (unpaired) electrons. The lowest BCUT2D eigenvalue weighted by Crippen LogP contribution is -2.11. The van der Waals surface area contributed by atoms with Crippen LogP contribution in [-0.4, -0.2) is 41.7 Å². The van der Waals surface area contributed by atoms with Crippen LogP contribution in [0.5, 0.6) is 0 Å². The van der Waals surface area contributed by atoms with Crippen LogP contribution in [0.25, 0.3) is 22.0 Å². The van der Waals surface area contributed by atoms with Gasteiger partial charge in [0.05, 0.1) is 25.3 Å². The van der Waals surface area contributed by atoms with Crippen molar-refractivity contribution in [3.63, 3.8) is 0 Å². The Morgan fingerprint density at radius 2 is 1.96 bits per heavy atom. The molecule has 1 N–H and O–H groups in total. The Morgan fingerprint density at radius 3 is 2.74 bits per heavy atom. The summed E-state index contributed by atoms with van der Waals surface area (Å²) in [6, 6.07) is 11.4. The zero-order valence-corrected chi connectivity index (χ0v) is 16.0. The summed E-state index contributed by atoms with van der Waals surface area (Å²) in [4.78, 5) is 0. The minimum atomic E-state index is -0.0244. The number of aliphatic hydroxyl groups is 1. The Labute approximate surface area is 165 Å². The second-order valence-corrected chi connectivity index (χ2v) is 6.96. The molecule has 27 heavy (non-hydrogen) atoms. The van der Waals surface area contributed by atoms with Crippen LogP contribution in [0.3, 0.4) is 0 Å². The molecular weight excluding hydrogens is 387 g/mol. The van der Waals surface area contributed by atoms with Crippen molar-refractivity contribution in [1.82, 2.24) is 30.0 Å². The molecule has 0 fully saturated rings. The number of aryl methyl sites for hydroxylation is 1. The van der Waals surface area contributed by atoms with Crippen LogP contribution in [0, 0.1) is 0 Å². The van der Waals surface area contributed by atoms with Crippen LogP contribution in [0.1, 0.15) is 11.5 Å².